The first-order valence-corrected chi connectivity index (χ1v) is 13.9. The first-order valence-electron chi connectivity index (χ1n) is 13.9. The molecule has 264 valence electrons. The average molecular weight is 680 g/mol. The van der Waals surface area contributed by atoms with E-state index in [9.17, 15) is 38.4 Å². The quantitative estimate of drug-likeness (QED) is 0.185. The Kier molecular flexibility index (Phi) is 14.3. The van der Waals surface area contributed by atoms with Gasteiger partial charge in [0, 0.05) is 48.5 Å². The zero-order chi connectivity index (χ0) is 35.6. The lowest BCUT2D eigenvalue weighted by Crippen LogP contribution is -2.67. The van der Waals surface area contributed by atoms with Crippen LogP contribution in [0.1, 0.15) is 48.5 Å². The lowest BCUT2D eigenvalue weighted by atomic mass is 9.96. The van der Waals surface area contributed by atoms with E-state index in [0.29, 0.717) is 0 Å². The Morgan fingerprint density at radius 2 is 0.809 bits per heavy atom. The lowest BCUT2D eigenvalue weighted by molar-refractivity contribution is -0.363. The predicted molar refractivity (Wildman–Crippen MR) is 144 cm³/mol. The van der Waals surface area contributed by atoms with E-state index in [2.05, 4.69) is 0 Å². The number of primary amides is 1. The normalized spacial score (nSPS) is 30.0. The van der Waals surface area contributed by atoms with Crippen molar-refractivity contribution in [2.24, 2.45) is 5.73 Å². The number of ether oxygens (including phenoxy) is 11. The third-order valence-corrected chi connectivity index (χ3v) is 6.12. The fourth-order valence-electron chi connectivity index (χ4n) is 4.67. The van der Waals surface area contributed by atoms with E-state index >= 15 is 0 Å². The predicted octanol–water partition coefficient (Wildman–Crippen LogP) is -1.30. The molecule has 2 saturated heterocycles. The minimum absolute atomic E-state index is 0.575. The molecule has 0 saturated carbocycles. The average Bonchev–Trinajstić information content (AvgIpc) is 2.91. The van der Waals surface area contributed by atoms with Gasteiger partial charge in [-0.3, -0.25) is 33.6 Å². The molecule has 47 heavy (non-hydrogen) atoms. The Bertz CT molecular complexity index is 1200. The zero-order valence-corrected chi connectivity index (χ0v) is 26.5. The van der Waals surface area contributed by atoms with Crippen LogP contribution in [0.15, 0.2) is 0 Å². The van der Waals surface area contributed by atoms with E-state index in [1.54, 1.807) is 0 Å². The second-order valence-corrected chi connectivity index (χ2v) is 10.1. The summed E-state index contributed by atoms with van der Waals surface area (Å²) in [5.74, 6) is -6.26. The first kappa shape index (κ1) is 38.6. The van der Waals surface area contributed by atoms with Gasteiger partial charge in [-0.25, -0.2) is 4.79 Å². The number of amides is 1. The molecule has 10 atom stereocenters. The molecule has 0 aliphatic carbocycles. The molecule has 0 aromatic rings. The molecular formula is C27H37NO19. The van der Waals surface area contributed by atoms with Gasteiger partial charge in [-0.1, -0.05) is 0 Å². The van der Waals surface area contributed by atoms with Gasteiger partial charge in [-0.15, -0.1) is 0 Å². The standard InChI is InChI=1S/C27H37NO19/c1-10(29)37-8-17-19(39-12(3)31)21(41-14(5)33)24(25(44-17)43-16(7)35)46-26-23(42-15(6)34)22(47-27(28)36)20(40-13(4)32)18(45-26)9-38-11(2)30/h17-26H,8-9H2,1-7H3,(H2,28,36)/t17-,18+,19+,20+,21-,22-,23-,24-,25?,26+/m0/s1. The number of esters is 7. The molecular weight excluding hydrogens is 642 g/mol. The largest absolute Gasteiger partial charge is 0.463 e. The molecule has 2 aliphatic heterocycles. The van der Waals surface area contributed by atoms with Crippen LogP contribution in [0.2, 0.25) is 0 Å². The monoisotopic (exact) mass is 679 g/mol. The fraction of sp³-hybridized carbons (Fsp3) is 0.704. The molecule has 2 heterocycles. The van der Waals surface area contributed by atoms with Crippen LogP contribution in [-0.2, 0) is 85.7 Å². The van der Waals surface area contributed by atoms with Gasteiger partial charge in [-0.2, -0.15) is 0 Å². The summed E-state index contributed by atoms with van der Waals surface area (Å²) in [5.41, 5.74) is 5.26. The van der Waals surface area contributed by atoms with Crippen LogP contribution in [0.25, 0.3) is 0 Å². The first-order chi connectivity index (χ1) is 21.9. The summed E-state index contributed by atoms with van der Waals surface area (Å²) in [7, 11) is 0. The number of hydrogen-bond donors (Lipinski definition) is 1. The van der Waals surface area contributed by atoms with Crippen LogP contribution < -0.4 is 5.73 Å². The van der Waals surface area contributed by atoms with Crippen molar-refractivity contribution < 1.29 is 90.5 Å². The second-order valence-electron chi connectivity index (χ2n) is 10.1. The van der Waals surface area contributed by atoms with Crippen LogP contribution in [0.3, 0.4) is 0 Å². The van der Waals surface area contributed by atoms with Gasteiger partial charge in [0.25, 0.3) is 0 Å². The van der Waals surface area contributed by atoms with Gasteiger partial charge in [0.2, 0.25) is 6.29 Å². The third-order valence-electron chi connectivity index (χ3n) is 6.12. The Morgan fingerprint density at radius 3 is 1.19 bits per heavy atom. The van der Waals surface area contributed by atoms with Crippen molar-refractivity contribution in [3.05, 3.63) is 0 Å². The summed E-state index contributed by atoms with van der Waals surface area (Å²) in [5, 5.41) is 0. The smallest absolute Gasteiger partial charge is 0.405 e. The summed E-state index contributed by atoms with van der Waals surface area (Å²) in [4.78, 5) is 96.0. The lowest BCUT2D eigenvalue weighted by Gasteiger charge is -2.48. The van der Waals surface area contributed by atoms with Crippen molar-refractivity contribution in [2.75, 3.05) is 13.2 Å². The molecule has 2 aliphatic rings. The maximum atomic E-state index is 12.3. The molecule has 2 N–H and O–H groups in total. The Hall–Kier alpha value is -4.56. The fourth-order valence-corrected chi connectivity index (χ4v) is 4.67. The zero-order valence-electron chi connectivity index (χ0n) is 26.5. The summed E-state index contributed by atoms with van der Waals surface area (Å²) >= 11 is 0. The summed E-state index contributed by atoms with van der Waals surface area (Å²) < 4.78 is 59.6. The van der Waals surface area contributed by atoms with Gasteiger partial charge in [0.1, 0.15) is 25.4 Å². The van der Waals surface area contributed by atoms with Crippen LogP contribution in [0, 0.1) is 0 Å². The Labute approximate surface area is 267 Å². The summed E-state index contributed by atoms with van der Waals surface area (Å²) in [6, 6.07) is 0. The molecule has 20 heteroatoms. The number of carbonyl (C=O) groups is 8. The van der Waals surface area contributed by atoms with Gasteiger partial charge >= 0.3 is 47.9 Å². The molecule has 1 unspecified atom stereocenters. The molecule has 0 aromatic heterocycles. The maximum Gasteiger partial charge on any atom is 0.405 e. The highest BCUT2D eigenvalue weighted by Gasteiger charge is 2.58. The molecule has 0 radical (unpaired) electrons. The Morgan fingerprint density at radius 1 is 0.447 bits per heavy atom. The number of rotatable bonds is 12. The van der Waals surface area contributed by atoms with Gasteiger partial charge < -0.3 is 57.8 Å². The van der Waals surface area contributed by atoms with E-state index in [1.807, 2.05) is 0 Å². The molecule has 2 fully saturated rings. The van der Waals surface area contributed by atoms with E-state index in [0.717, 1.165) is 48.5 Å². The van der Waals surface area contributed by atoms with Crippen LogP contribution in [0.4, 0.5) is 4.79 Å². The van der Waals surface area contributed by atoms with Crippen molar-refractivity contribution in [3.63, 3.8) is 0 Å². The van der Waals surface area contributed by atoms with Crippen molar-refractivity contribution in [3.8, 4) is 0 Å². The molecule has 2 rings (SSSR count). The highest BCUT2D eigenvalue weighted by molar-refractivity contribution is 5.69. The van der Waals surface area contributed by atoms with E-state index in [1.165, 1.54) is 0 Å². The van der Waals surface area contributed by atoms with Crippen molar-refractivity contribution in [1.82, 2.24) is 0 Å². The van der Waals surface area contributed by atoms with Crippen molar-refractivity contribution >= 4 is 47.9 Å². The number of hydrogen-bond acceptors (Lipinski definition) is 19. The third kappa shape index (κ3) is 12.0. The van der Waals surface area contributed by atoms with Crippen molar-refractivity contribution in [2.45, 2.75) is 110 Å². The van der Waals surface area contributed by atoms with Gasteiger partial charge in [0.05, 0.1) is 0 Å². The topological polar surface area (TPSA) is 264 Å². The minimum Gasteiger partial charge on any atom is -0.463 e. The molecule has 0 aromatic carbocycles. The van der Waals surface area contributed by atoms with Crippen molar-refractivity contribution in [1.29, 1.82) is 0 Å². The minimum atomic E-state index is -1.91. The van der Waals surface area contributed by atoms with E-state index in [-0.39, 0.29) is 0 Å². The van der Waals surface area contributed by atoms with Gasteiger partial charge in [-0.05, 0) is 0 Å². The van der Waals surface area contributed by atoms with Gasteiger partial charge in [0.15, 0.2) is 42.9 Å². The highest BCUT2D eigenvalue weighted by atomic mass is 16.8. The van der Waals surface area contributed by atoms with E-state index in [4.69, 9.17) is 57.8 Å². The summed E-state index contributed by atoms with van der Waals surface area (Å²) in [6.45, 7) is 5.90. The number of carbonyl (C=O) groups excluding carboxylic acids is 8. The molecule has 20 nitrogen and oxygen atoms in total. The summed E-state index contributed by atoms with van der Waals surface area (Å²) in [6.07, 6.45) is -18.3. The maximum absolute atomic E-state index is 12.3. The second kappa shape index (κ2) is 17.4. The number of nitrogens with two attached hydrogens (primary N) is 1. The van der Waals surface area contributed by atoms with Crippen LogP contribution in [-0.4, -0.2) is 123 Å². The van der Waals surface area contributed by atoms with E-state index < -0.39 is 123 Å². The molecule has 0 bridgehead atoms. The Balaban J connectivity index is 2.72. The van der Waals surface area contributed by atoms with Crippen LogP contribution in [0.5, 0.6) is 0 Å². The SMILES string of the molecule is CC(=O)OC[C@@H]1OC(OC(C)=O)[C@@H](O[C@H]2O[C@H](COC(C)=O)[C@@H](OC(C)=O)[C@H](OC(N)=O)[C@@H]2OC(C)=O)[C@@H](OC(C)=O)[C@@H]1OC(C)=O. The van der Waals surface area contributed by atoms with Crippen LogP contribution >= 0.6 is 0 Å². The highest BCUT2D eigenvalue weighted by Crippen LogP contribution is 2.35. The molecule has 0 spiro atoms. The molecule has 1 amide bonds.